The lowest BCUT2D eigenvalue weighted by molar-refractivity contribution is 0.0697. The molecule has 0 amide bonds. The highest BCUT2D eigenvalue weighted by molar-refractivity contribution is 5.99. The lowest BCUT2D eigenvalue weighted by atomic mass is 9.81. The third kappa shape index (κ3) is 5.34. The highest BCUT2D eigenvalue weighted by Gasteiger charge is 2.31. The number of nitrogens with zero attached hydrogens (tertiary/aromatic N) is 3. The molecule has 1 aliphatic carbocycles. The number of para-hydroxylation sites is 1. The number of ether oxygens (including phenoxy) is 2. The van der Waals surface area contributed by atoms with Crippen LogP contribution in [0.3, 0.4) is 0 Å². The molecule has 0 bridgehead atoms. The molecule has 0 unspecified atom stereocenters. The Bertz CT molecular complexity index is 1340. The summed E-state index contributed by atoms with van der Waals surface area (Å²) in [5.74, 6) is 0.544. The zero-order valence-corrected chi connectivity index (χ0v) is 23.9. The van der Waals surface area contributed by atoms with Crippen LogP contribution in [0, 0.1) is 0 Å². The number of piperidine rings is 1. The maximum atomic E-state index is 11.9. The van der Waals surface area contributed by atoms with E-state index in [1.54, 1.807) is 13.2 Å². The molecule has 1 saturated carbocycles. The molecule has 3 aliphatic rings. The fraction of sp³-hybridized carbons (Fsp3) is 0.545. The monoisotopic (exact) mass is 545 g/mol. The second-order valence-corrected chi connectivity index (χ2v) is 11.7. The Morgan fingerprint density at radius 3 is 2.60 bits per heavy atom. The molecule has 0 spiro atoms. The van der Waals surface area contributed by atoms with Gasteiger partial charge >= 0.3 is 5.97 Å². The zero-order chi connectivity index (χ0) is 27.5. The second-order valence-electron chi connectivity index (χ2n) is 11.7. The number of likely N-dealkylation sites (tertiary alicyclic amines) is 1. The van der Waals surface area contributed by atoms with Crippen LogP contribution in [-0.4, -0.2) is 73.6 Å². The van der Waals surface area contributed by atoms with Gasteiger partial charge in [0.05, 0.1) is 30.1 Å². The molecule has 1 N–H and O–H groups in total. The van der Waals surface area contributed by atoms with E-state index in [2.05, 4.69) is 38.6 Å². The topological polar surface area (TPSA) is 67.2 Å². The second kappa shape index (κ2) is 12.2. The van der Waals surface area contributed by atoms with Gasteiger partial charge < -0.3 is 28.9 Å². The van der Waals surface area contributed by atoms with Gasteiger partial charge in [-0.3, -0.25) is 0 Å². The van der Waals surface area contributed by atoms with E-state index in [1.807, 2.05) is 6.07 Å². The van der Waals surface area contributed by atoms with E-state index in [-0.39, 0.29) is 0 Å². The summed E-state index contributed by atoms with van der Waals surface area (Å²) in [7, 11) is 1.77. The molecule has 214 valence electrons. The lowest BCUT2D eigenvalue weighted by Gasteiger charge is -2.32. The molecule has 3 heterocycles. The Balaban J connectivity index is 1.46. The number of anilines is 1. The van der Waals surface area contributed by atoms with Crippen LogP contribution in [0.1, 0.15) is 73.2 Å². The van der Waals surface area contributed by atoms with Crippen LogP contribution in [0.4, 0.5) is 5.69 Å². The Kier molecular flexibility index (Phi) is 8.30. The van der Waals surface area contributed by atoms with E-state index in [0.29, 0.717) is 31.2 Å². The number of aromatic carboxylic acids is 1. The van der Waals surface area contributed by atoms with Crippen molar-refractivity contribution < 1.29 is 19.4 Å². The SMILES string of the molecule is COCCN(CCN1CCCCC1)c1cccc2c1OCCn1c-2c(C2CCCCC2)c2ccc(C(=O)O)cc21. The highest BCUT2D eigenvalue weighted by Crippen LogP contribution is 2.49. The largest absolute Gasteiger partial charge is 0.489 e. The highest BCUT2D eigenvalue weighted by atomic mass is 16.5. The molecule has 3 aromatic rings. The maximum absolute atomic E-state index is 11.9. The number of hydrogen-bond donors (Lipinski definition) is 1. The molecular formula is C33H43N3O4. The Morgan fingerprint density at radius 1 is 1.02 bits per heavy atom. The summed E-state index contributed by atoms with van der Waals surface area (Å²) in [6, 6.07) is 12.3. The minimum Gasteiger partial charge on any atom is -0.489 e. The zero-order valence-electron chi connectivity index (χ0n) is 23.9. The normalized spacial score (nSPS) is 18.1. The number of aromatic nitrogens is 1. The van der Waals surface area contributed by atoms with Crippen LogP contribution in [0.25, 0.3) is 22.2 Å². The van der Waals surface area contributed by atoms with Crippen molar-refractivity contribution in [3.63, 3.8) is 0 Å². The number of carbonyl (C=O) groups is 1. The molecule has 1 aromatic heterocycles. The summed E-state index contributed by atoms with van der Waals surface area (Å²) < 4.78 is 14.5. The van der Waals surface area contributed by atoms with Gasteiger partial charge in [0.2, 0.25) is 0 Å². The molecular weight excluding hydrogens is 502 g/mol. The van der Waals surface area contributed by atoms with Crippen LogP contribution in [-0.2, 0) is 11.3 Å². The fourth-order valence-electron chi connectivity index (χ4n) is 7.19. The number of rotatable bonds is 9. The van der Waals surface area contributed by atoms with Gasteiger partial charge in [0.1, 0.15) is 6.61 Å². The lowest BCUT2D eigenvalue weighted by Crippen LogP contribution is -2.39. The van der Waals surface area contributed by atoms with Crippen molar-refractivity contribution in [2.45, 2.75) is 63.8 Å². The van der Waals surface area contributed by atoms with Gasteiger partial charge in [-0.05, 0) is 74.5 Å². The van der Waals surface area contributed by atoms with E-state index < -0.39 is 5.97 Å². The number of benzene rings is 2. The quantitative estimate of drug-likeness (QED) is 0.336. The number of carboxylic acid groups (broad SMARTS) is 1. The van der Waals surface area contributed by atoms with Gasteiger partial charge in [0.25, 0.3) is 0 Å². The predicted molar refractivity (Wildman–Crippen MR) is 160 cm³/mol. The van der Waals surface area contributed by atoms with Crippen LogP contribution >= 0.6 is 0 Å². The minimum absolute atomic E-state index is 0.339. The first-order chi connectivity index (χ1) is 19.7. The van der Waals surface area contributed by atoms with Crippen molar-refractivity contribution in [1.82, 2.24) is 9.47 Å². The third-order valence-electron chi connectivity index (χ3n) is 9.22. The van der Waals surface area contributed by atoms with Crippen LogP contribution in [0.2, 0.25) is 0 Å². The molecule has 2 aromatic carbocycles. The van der Waals surface area contributed by atoms with Crippen LogP contribution in [0.15, 0.2) is 36.4 Å². The summed E-state index contributed by atoms with van der Waals surface area (Å²) in [6.07, 6.45) is 10.1. The van der Waals surface area contributed by atoms with Crippen molar-refractivity contribution in [2.75, 3.05) is 57.9 Å². The van der Waals surface area contributed by atoms with Gasteiger partial charge in [0, 0.05) is 43.2 Å². The summed E-state index contributed by atoms with van der Waals surface area (Å²) in [4.78, 5) is 16.9. The number of fused-ring (bicyclic) bond motifs is 5. The molecule has 1 saturated heterocycles. The summed E-state index contributed by atoms with van der Waals surface area (Å²) in [6.45, 7) is 7.06. The average Bonchev–Trinajstić information content (AvgIpc) is 3.18. The standard InChI is InChI=1S/C33H43N3O4/c1-39-21-19-35(18-17-34-15-6-3-7-16-34)28-12-8-11-27-31-30(24-9-4-2-5-10-24)26-14-13-25(33(37)38)23-29(26)36(31)20-22-40-32(27)28/h8,11-14,23-24H,2-7,9-10,15-22H2,1H3,(H,37,38). The minimum atomic E-state index is -0.883. The first-order valence-electron chi connectivity index (χ1n) is 15.3. The van der Waals surface area contributed by atoms with Crippen LogP contribution < -0.4 is 9.64 Å². The number of hydrogen-bond acceptors (Lipinski definition) is 5. The van der Waals surface area contributed by atoms with Crippen molar-refractivity contribution >= 4 is 22.6 Å². The van der Waals surface area contributed by atoms with Crippen LogP contribution in [0.5, 0.6) is 5.75 Å². The Labute approximate surface area is 237 Å². The third-order valence-corrected chi connectivity index (χ3v) is 9.22. The fourth-order valence-corrected chi connectivity index (χ4v) is 7.19. The van der Waals surface area contributed by atoms with Gasteiger partial charge in [-0.2, -0.15) is 0 Å². The summed E-state index contributed by atoms with van der Waals surface area (Å²) in [5, 5.41) is 11.0. The van der Waals surface area contributed by atoms with E-state index >= 15 is 0 Å². The average molecular weight is 546 g/mol. The van der Waals surface area contributed by atoms with Crippen molar-refractivity contribution in [3.8, 4) is 17.0 Å². The van der Waals surface area contributed by atoms with Crippen molar-refractivity contribution in [3.05, 3.63) is 47.5 Å². The van der Waals surface area contributed by atoms with E-state index in [4.69, 9.17) is 9.47 Å². The van der Waals surface area contributed by atoms with E-state index in [1.165, 1.54) is 81.1 Å². The van der Waals surface area contributed by atoms with Gasteiger partial charge in [0.15, 0.2) is 5.75 Å². The van der Waals surface area contributed by atoms with Gasteiger partial charge in [-0.1, -0.05) is 37.8 Å². The van der Waals surface area contributed by atoms with Gasteiger partial charge in [-0.25, -0.2) is 4.79 Å². The molecule has 0 atom stereocenters. The molecule has 40 heavy (non-hydrogen) atoms. The van der Waals surface area contributed by atoms with E-state index in [9.17, 15) is 9.90 Å². The molecule has 2 aliphatic heterocycles. The maximum Gasteiger partial charge on any atom is 0.335 e. The molecule has 7 heteroatoms. The molecule has 0 radical (unpaired) electrons. The van der Waals surface area contributed by atoms with Crippen molar-refractivity contribution in [1.29, 1.82) is 0 Å². The van der Waals surface area contributed by atoms with E-state index in [0.717, 1.165) is 42.2 Å². The summed E-state index contributed by atoms with van der Waals surface area (Å²) in [5.41, 5.74) is 6.22. The first kappa shape index (κ1) is 27.2. The first-order valence-corrected chi connectivity index (χ1v) is 15.3. The predicted octanol–water partition coefficient (Wildman–Crippen LogP) is 6.39. The van der Waals surface area contributed by atoms with Gasteiger partial charge in [-0.15, -0.1) is 0 Å². The summed E-state index contributed by atoms with van der Waals surface area (Å²) >= 11 is 0. The molecule has 2 fully saturated rings. The number of carboxylic acids is 1. The molecule has 6 rings (SSSR count). The smallest absolute Gasteiger partial charge is 0.335 e. The molecule has 7 nitrogen and oxygen atoms in total. The Hall–Kier alpha value is -3.03. The number of methoxy groups -OCH3 is 1. The van der Waals surface area contributed by atoms with Crippen molar-refractivity contribution in [2.24, 2.45) is 0 Å². The Morgan fingerprint density at radius 2 is 1.82 bits per heavy atom.